The molecule has 0 aromatic heterocycles. The molecule has 3 fully saturated rings. The predicted octanol–water partition coefficient (Wildman–Crippen LogP) is 0.0487. The van der Waals surface area contributed by atoms with Crippen LogP contribution in [0.4, 0.5) is 0 Å². The number of hydrazine groups is 1. The van der Waals surface area contributed by atoms with Crippen molar-refractivity contribution in [3.8, 4) is 0 Å². The summed E-state index contributed by atoms with van der Waals surface area (Å²) in [5.41, 5.74) is 3.93. The number of nitrogens with zero attached hydrogens (tertiary/aromatic N) is 1. The first-order valence-electron chi connectivity index (χ1n) is 4.71. The van der Waals surface area contributed by atoms with Crippen LogP contribution in [0.25, 0.3) is 0 Å². The molecule has 2 N–H and O–H groups in total. The van der Waals surface area contributed by atoms with E-state index in [9.17, 15) is 0 Å². The van der Waals surface area contributed by atoms with E-state index in [0.29, 0.717) is 5.66 Å². The van der Waals surface area contributed by atoms with E-state index in [1.807, 2.05) is 0 Å². The van der Waals surface area contributed by atoms with Gasteiger partial charge in [-0.25, -0.2) is 10.4 Å². The van der Waals surface area contributed by atoms with Crippen LogP contribution in [0.15, 0.2) is 0 Å². The van der Waals surface area contributed by atoms with Gasteiger partial charge < -0.3 is 5.32 Å². The molecule has 0 amide bonds. The van der Waals surface area contributed by atoms with Gasteiger partial charge in [-0.1, -0.05) is 12.8 Å². The summed E-state index contributed by atoms with van der Waals surface area (Å²) in [6.07, 6.45) is 5.53. The minimum atomic E-state index is 0.413. The molecule has 2 aliphatic heterocycles. The van der Waals surface area contributed by atoms with Crippen molar-refractivity contribution in [2.24, 2.45) is 0 Å². The van der Waals surface area contributed by atoms with Crippen molar-refractivity contribution in [1.82, 2.24) is 15.8 Å². The summed E-state index contributed by atoms with van der Waals surface area (Å²) in [7, 11) is 0. The molecule has 1 aliphatic carbocycles. The number of hydrogen-bond acceptors (Lipinski definition) is 3. The quantitative estimate of drug-likeness (QED) is 0.483. The summed E-state index contributed by atoms with van der Waals surface area (Å²) < 4.78 is 0. The third kappa shape index (κ3) is 0.736. The van der Waals surface area contributed by atoms with Crippen LogP contribution in [0.5, 0.6) is 0 Å². The Morgan fingerprint density at radius 3 is 3.27 bits per heavy atom. The summed E-state index contributed by atoms with van der Waals surface area (Å²) in [5.74, 6) is 0. The van der Waals surface area contributed by atoms with Crippen LogP contribution in [0, 0.1) is 0 Å². The first kappa shape index (κ1) is 6.40. The molecular weight excluding hydrogens is 138 g/mol. The zero-order valence-electron chi connectivity index (χ0n) is 6.77. The second-order valence-corrected chi connectivity index (χ2v) is 3.94. The van der Waals surface area contributed by atoms with Crippen molar-refractivity contribution < 1.29 is 0 Å². The van der Waals surface area contributed by atoms with Crippen LogP contribution in [-0.4, -0.2) is 29.8 Å². The van der Waals surface area contributed by atoms with Gasteiger partial charge in [0.2, 0.25) is 0 Å². The highest BCUT2D eigenvalue weighted by Gasteiger charge is 2.59. The van der Waals surface area contributed by atoms with Crippen molar-refractivity contribution in [3.05, 3.63) is 0 Å². The number of hydrogen-bond donors (Lipinski definition) is 2. The summed E-state index contributed by atoms with van der Waals surface area (Å²) in [6, 6.07) is 0.741. The predicted molar refractivity (Wildman–Crippen MR) is 42.8 cm³/mol. The molecule has 0 bridgehead atoms. The topological polar surface area (TPSA) is 37.0 Å². The van der Waals surface area contributed by atoms with Crippen LogP contribution in [0.1, 0.15) is 25.7 Å². The van der Waals surface area contributed by atoms with Crippen LogP contribution < -0.4 is 10.7 Å². The molecule has 1 spiro atoms. The molecule has 3 atom stereocenters. The van der Waals surface area contributed by atoms with E-state index in [2.05, 4.69) is 15.8 Å². The lowest BCUT2D eigenvalue weighted by atomic mass is 9.86. The highest BCUT2D eigenvalue weighted by atomic mass is 15.8. The fraction of sp³-hybridized carbons (Fsp3) is 1.00. The van der Waals surface area contributed by atoms with Gasteiger partial charge in [-0.05, 0) is 12.8 Å². The summed E-state index contributed by atoms with van der Waals surface area (Å²) >= 11 is 0. The van der Waals surface area contributed by atoms with Crippen molar-refractivity contribution in [1.29, 1.82) is 0 Å². The fourth-order valence-corrected chi connectivity index (χ4v) is 2.70. The summed E-state index contributed by atoms with van der Waals surface area (Å²) in [6.45, 7) is 2.36. The van der Waals surface area contributed by atoms with Gasteiger partial charge in [0.1, 0.15) is 5.66 Å². The minimum absolute atomic E-state index is 0.413. The van der Waals surface area contributed by atoms with E-state index in [1.165, 1.54) is 38.8 Å². The van der Waals surface area contributed by atoms with Crippen LogP contribution in [-0.2, 0) is 0 Å². The maximum absolute atomic E-state index is 3.60. The van der Waals surface area contributed by atoms with Gasteiger partial charge in [0.15, 0.2) is 0 Å². The van der Waals surface area contributed by atoms with E-state index in [4.69, 9.17) is 0 Å². The smallest absolute Gasteiger partial charge is 0.113 e. The number of piperazine rings is 1. The Balaban J connectivity index is 1.84. The summed E-state index contributed by atoms with van der Waals surface area (Å²) in [5, 5.41) is 6.02. The second kappa shape index (κ2) is 1.97. The number of rotatable bonds is 0. The van der Waals surface area contributed by atoms with Gasteiger partial charge in [0, 0.05) is 19.1 Å². The SMILES string of the molecule is C1CCC23NN2CCNC3C1. The van der Waals surface area contributed by atoms with Crippen LogP contribution in [0.3, 0.4) is 0 Å². The molecule has 2 saturated heterocycles. The third-order valence-electron chi connectivity index (χ3n) is 3.36. The molecule has 2 heterocycles. The van der Waals surface area contributed by atoms with E-state index >= 15 is 0 Å². The standard InChI is InChI=1S/C8H15N3/c1-2-4-8-7(3-1)9-5-6-11(8)10-8/h7,9-10H,1-6H2. The molecule has 3 nitrogen and oxygen atoms in total. The lowest BCUT2D eigenvalue weighted by Crippen LogP contribution is -2.53. The largest absolute Gasteiger partial charge is 0.310 e. The molecule has 0 aromatic rings. The normalized spacial score (nSPS) is 54.5. The zero-order valence-corrected chi connectivity index (χ0v) is 6.77. The molecular formula is C8H15N3. The Morgan fingerprint density at radius 2 is 2.36 bits per heavy atom. The molecule has 3 rings (SSSR count). The highest BCUT2D eigenvalue weighted by molar-refractivity contribution is 5.11. The van der Waals surface area contributed by atoms with E-state index in [1.54, 1.807) is 0 Å². The Bertz CT molecular complexity index is 180. The second-order valence-electron chi connectivity index (χ2n) is 3.94. The average molecular weight is 153 g/mol. The van der Waals surface area contributed by atoms with Gasteiger partial charge in [-0.3, -0.25) is 0 Å². The van der Waals surface area contributed by atoms with Crippen molar-refractivity contribution in [2.75, 3.05) is 13.1 Å². The molecule has 0 radical (unpaired) electrons. The molecule has 62 valence electrons. The van der Waals surface area contributed by atoms with Gasteiger partial charge in [0.05, 0.1) is 0 Å². The van der Waals surface area contributed by atoms with E-state index in [-0.39, 0.29) is 0 Å². The molecule has 11 heavy (non-hydrogen) atoms. The van der Waals surface area contributed by atoms with Crippen LogP contribution in [0.2, 0.25) is 0 Å². The first-order chi connectivity index (χ1) is 5.42. The molecule has 3 unspecified atom stereocenters. The fourth-order valence-electron chi connectivity index (χ4n) is 2.70. The van der Waals surface area contributed by atoms with Crippen molar-refractivity contribution >= 4 is 0 Å². The third-order valence-corrected chi connectivity index (χ3v) is 3.36. The minimum Gasteiger partial charge on any atom is -0.310 e. The van der Waals surface area contributed by atoms with E-state index < -0.39 is 0 Å². The Hall–Kier alpha value is -0.120. The monoisotopic (exact) mass is 153 g/mol. The molecule has 0 aromatic carbocycles. The Kier molecular flexibility index (Phi) is 1.15. The van der Waals surface area contributed by atoms with E-state index in [0.717, 1.165) is 6.04 Å². The maximum atomic E-state index is 3.60. The lowest BCUT2D eigenvalue weighted by molar-refractivity contribution is 0.202. The Labute approximate surface area is 67.1 Å². The maximum Gasteiger partial charge on any atom is 0.113 e. The first-order valence-corrected chi connectivity index (χ1v) is 4.71. The van der Waals surface area contributed by atoms with Gasteiger partial charge in [-0.2, -0.15) is 0 Å². The zero-order chi connectivity index (χ0) is 7.31. The summed E-state index contributed by atoms with van der Waals surface area (Å²) in [4.78, 5) is 0. The van der Waals surface area contributed by atoms with Crippen molar-refractivity contribution in [3.63, 3.8) is 0 Å². The van der Waals surface area contributed by atoms with Crippen LogP contribution >= 0.6 is 0 Å². The molecule has 1 saturated carbocycles. The highest BCUT2D eigenvalue weighted by Crippen LogP contribution is 2.41. The van der Waals surface area contributed by atoms with Gasteiger partial charge >= 0.3 is 0 Å². The van der Waals surface area contributed by atoms with Gasteiger partial charge in [-0.15, -0.1) is 0 Å². The molecule has 3 aliphatic rings. The average Bonchev–Trinajstić information content (AvgIpc) is 2.75. The number of nitrogens with one attached hydrogen (secondary N) is 2. The lowest BCUT2D eigenvalue weighted by Gasteiger charge is -2.34. The van der Waals surface area contributed by atoms with Crippen molar-refractivity contribution in [2.45, 2.75) is 37.4 Å². The molecule has 3 heteroatoms. The Morgan fingerprint density at radius 1 is 1.36 bits per heavy atom. The van der Waals surface area contributed by atoms with Gasteiger partial charge in [0.25, 0.3) is 0 Å².